The Balaban J connectivity index is 0.000000686. The van der Waals surface area contributed by atoms with Crippen molar-refractivity contribution in [1.29, 1.82) is 0 Å². The van der Waals surface area contributed by atoms with Crippen molar-refractivity contribution in [2.24, 2.45) is 0 Å². The molecular weight excluding hydrogens is 232 g/mol. The molecule has 3 nitrogen and oxygen atoms in total. The molecule has 0 aromatic rings. The predicted molar refractivity (Wildman–Crippen MR) is 78.4 cm³/mol. The van der Waals surface area contributed by atoms with E-state index in [4.69, 9.17) is 0 Å². The second-order valence-electron chi connectivity index (χ2n) is 4.53. The lowest BCUT2D eigenvalue weighted by atomic mass is 10.1. The van der Waals surface area contributed by atoms with Gasteiger partial charge < -0.3 is 5.32 Å². The highest BCUT2D eigenvalue weighted by molar-refractivity contribution is 8.01. The first kappa shape index (κ1) is 15.0. The topological polar surface area (TPSA) is 32.3 Å². The third kappa shape index (κ3) is 4.27. The molecule has 2 saturated heterocycles. The van der Waals surface area contributed by atoms with Crippen LogP contribution in [0.5, 0.6) is 0 Å². The zero-order chi connectivity index (χ0) is 12.7. The molecular formula is C13H28N2OS. The fraction of sp³-hybridized carbons (Fsp3) is 0.923. The zero-order valence-corrected chi connectivity index (χ0v) is 12.4. The van der Waals surface area contributed by atoms with Crippen LogP contribution in [-0.2, 0) is 9.52 Å². The van der Waals surface area contributed by atoms with E-state index in [1.54, 1.807) is 0 Å². The summed E-state index contributed by atoms with van der Waals surface area (Å²) in [4.78, 5) is 2.57. The number of piperazine rings is 1. The predicted octanol–water partition coefficient (Wildman–Crippen LogP) is 1.19. The standard InChI is InChI=1S/C11H22N2OS.C2H6/c1-2-15(14)9-3-11(4-10-15)13-7-5-12-6-8-13;1-2/h2,11-12H,3-10H2,1H3;1-2H3. The Labute approximate surface area is 107 Å². The van der Waals surface area contributed by atoms with Crippen LogP contribution in [0.1, 0.15) is 33.6 Å². The average Bonchev–Trinajstić information content (AvgIpc) is 2.43. The van der Waals surface area contributed by atoms with E-state index in [1.165, 1.54) is 13.1 Å². The first-order valence-corrected chi connectivity index (χ1v) is 8.93. The molecule has 2 aliphatic heterocycles. The van der Waals surface area contributed by atoms with Gasteiger partial charge in [0.15, 0.2) is 0 Å². The van der Waals surface area contributed by atoms with Crippen LogP contribution in [0.25, 0.3) is 0 Å². The lowest BCUT2D eigenvalue weighted by molar-refractivity contribution is 0.163. The van der Waals surface area contributed by atoms with Gasteiger partial charge in [-0.25, -0.2) is 0 Å². The maximum atomic E-state index is 12.1. The van der Waals surface area contributed by atoms with Crippen molar-refractivity contribution in [2.45, 2.75) is 39.7 Å². The Bertz CT molecular complexity index is 301. The fourth-order valence-corrected chi connectivity index (χ4v) is 4.58. The van der Waals surface area contributed by atoms with Crippen LogP contribution in [0.3, 0.4) is 0 Å². The Morgan fingerprint density at radius 3 is 2.18 bits per heavy atom. The Morgan fingerprint density at radius 2 is 1.71 bits per heavy atom. The third-order valence-electron chi connectivity index (χ3n) is 3.69. The van der Waals surface area contributed by atoms with Gasteiger partial charge in [-0.05, 0) is 34.7 Å². The van der Waals surface area contributed by atoms with Gasteiger partial charge in [0.25, 0.3) is 0 Å². The summed E-state index contributed by atoms with van der Waals surface area (Å²) in [6, 6.07) is 0.696. The second kappa shape index (κ2) is 7.39. The number of rotatable bonds is 1. The number of hydrogen-bond donors (Lipinski definition) is 1. The monoisotopic (exact) mass is 260 g/mol. The Hall–Kier alpha value is -0.0600. The maximum absolute atomic E-state index is 12.1. The number of nitrogens with zero attached hydrogens (tertiary/aromatic N) is 1. The summed E-state index contributed by atoms with van der Waals surface area (Å²) < 4.78 is 12.1. The van der Waals surface area contributed by atoms with Crippen molar-refractivity contribution in [1.82, 2.24) is 10.2 Å². The average molecular weight is 260 g/mol. The van der Waals surface area contributed by atoms with Crippen molar-refractivity contribution in [3.05, 3.63) is 0 Å². The van der Waals surface area contributed by atoms with Gasteiger partial charge in [-0.2, -0.15) is 0 Å². The van der Waals surface area contributed by atoms with E-state index in [-0.39, 0.29) is 0 Å². The van der Waals surface area contributed by atoms with Gasteiger partial charge in [0, 0.05) is 43.7 Å². The van der Waals surface area contributed by atoms with Gasteiger partial charge in [0.1, 0.15) is 0 Å². The highest BCUT2D eigenvalue weighted by Gasteiger charge is 2.26. The second-order valence-corrected chi connectivity index (χ2v) is 7.56. The first-order chi connectivity index (χ1) is 8.23. The van der Waals surface area contributed by atoms with Crippen molar-refractivity contribution < 1.29 is 4.21 Å². The zero-order valence-electron chi connectivity index (χ0n) is 11.6. The van der Waals surface area contributed by atoms with Gasteiger partial charge in [0.05, 0.1) is 0 Å². The molecule has 0 bridgehead atoms. The lowest BCUT2D eigenvalue weighted by Crippen LogP contribution is -2.50. The maximum Gasteiger partial charge on any atom is 0.0176 e. The van der Waals surface area contributed by atoms with E-state index in [1.807, 2.05) is 26.1 Å². The molecule has 0 amide bonds. The van der Waals surface area contributed by atoms with E-state index in [2.05, 4.69) is 10.2 Å². The van der Waals surface area contributed by atoms with Crippen LogP contribution in [0.2, 0.25) is 0 Å². The molecule has 2 fully saturated rings. The van der Waals surface area contributed by atoms with E-state index in [0.717, 1.165) is 37.4 Å². The third-order valence-corrected chi connectivity index (χ3v) is 6.40. The van der Waals surface area contributed by atoms with E-state index >= 15 is 0 Å². The summed E-state index contributed by atoms with van der Waals surface area (Å²) in [6.45, 7) is 10.5. The molecule has 0 radical (unpaired) electrons. The molecule has 17 heavy (non-hydrogen) atoms. The van der Waals surface area contributed by atoms with Crippen LogP contribution >= 0.6 is 0 Å². The summed E-state index contributed by atoms with van der Waals surface area (Å²) in [5, 5.41) is 5.32. The largest absolute Gasteiger partial charge is 0.314 e. The highest BCUT2D eigenvalue weighted by atomic mass is 32.2. The van der Waals surface area contributed by atoms with Gasteiger partial charge >= 0.3 is 0 Å². The minimum absolute atomic E-state index is 0.696. The molecule has 102 valence electrons. The molecule has 1 N–H and O–H groups in total. The fourth-order valence-electron chi connectivity index (χ4n) is 2.57. The smallest absolute Gasteiger partial charge is 0.0176 e. The number of hydrogen-bond acceptors (Lipinski definition) is 3. The van der Waals surface area contributed by atoms with E-state index < -0.39 is 9.52 Å². The van der Waals surface area contributed by atoms with Crippen molar-refractivity contribution in [3.8, 4) is 0 Å². The number of nitrogens with one attached hydrogen (secondary N) is 1. The molecule has 2 rings (SSSR count). The van der Waals surface area contributed by atoms with Gasteiger partial charge in [-0.3, -0.25) is 9.11 Å². The molecule has 0 aliphatic carbocycles. The summed E-state index contributed by atoms with van der Waals surface area (Å²) >= 11 is 0. The highest BCUT2D eigenvalue weighted by Crippen LogP contribution is 2.18. The molecule has 0 atom stereocenters. The quantitative estimate of drug-likeness (QED) is 0.719. The molecule has 0 spiro atoms. The normalized spacial score (nSPS) is 34.6. The molecule has 0 aromatic heterocycles. The molecule has 0 unspecified atom stereocenters. The van der Waals surface area contributed by atoms with Crippen LogP contribution in [-0.4, -0.2) is 58.2 Å². The van der Waals surface area contributed by atoms with Crippen LogP contribution in [0.4, 0.5) is 0 Å². The molecule has 2 aliphatic rings. The van der Waals surface area contributed by atoms with Gasteiger partial charge in [0.2, 0.25) is 0 Å². The Kier molecular flexibility index (Phi) is 6.52. The minimum atomic E-state index is -1.57. The van der Waals surface area contributed by atoms with Gasteiger partial charge in [-0.1, -0.05) is 13.8 Å². The molecule has 4 heteroatoms. The van der Waals surface area contributed by atoms with Crippen molar-refractivity contribution in [2.75, 3.05) is 37.7 Å². The van der Waals surface area contributed by atoms with Gasteiger partial charge in [-0.15, -0.1) is 0 Å². The van der Waals surface area contributed by atoms with E-state index in [0.29, 0.717) is 6.04 Å². The van der Waals surface area contributed by atoms with Crippen LogP contribution < -0.4 is 5.32 Å². The summed E-state index contributed by atoms with van der Waals surface area (Å²) in [5.74, 6) is 1.83. The van der Waals surface area contributed by atoms with Crippen LogP contribution in [0, 0.1) is 0 Å². The summed E-state index contributed by atoms with van der Waals surface area (Å²) in [5.41, 5.74) is 0. The van der Waals surface area contributed by atoms with Crippen LogP contribution in [0.15, 0.2) is 0 Å². The summed E-state index contributed by atoms with van der Waals surface area (Å²) in [7, 11) is -1.57. The lowest BCUT2D eigenvalue weighted by Gasteiger charge is -2.37. The Morgan fingerprint density at radius 1 is 1.18 bits per heavy atom. The first-order valence-electron chi connectivity index (χ1n) is 6.97. The molecule has 2 heterocycles. The van der Waals surface area contributed by atoms with E-state index in [9.17, 15) is 4.21 Å². The molecule has 0 aromatic carbocycles. The SMILES string of the molecule is CC.CC=S1(=O)CCC(N2CCNCC2)CC1. The minimum Gasteiger partial charge on any atom is -0.314 e. The van der Waals surface area contributed by atoms with Crippen molar-refractivity contribution in [3.63, 3.8) is 0 Å². The molecule has 0 saturated carbocycles. The summed E-state index contributed by atoms with van der Waals surface area (Å²) in [6.07, 6.45) is 2.26. The van der Waals surface area contributed by atoms with Crippen molar-refractivity contribution >= 4 is 14.9 Å².